The fourth-order valence-electron chi connectivity index (χ4n) is 1.57. The zero-order valence-electron chi connectivity index (χ0n) is 9.03. The third-order valence-corrected chi connectivity index (χ3v) is 3.21. The van der Waals surface area contributed by atoms with Gasteiger partial charge in [-0.15, -0.1) is 5.10 Å². The first-order chi connectivity index (χ1) is 8.29. The molecule has 0 atom stereocenters. The Kier molecular flexibility index (Phi) is 2.30. The first-order valence-corrected chi connectivity index (χ1v) is 5.75. The van der Waals surface area contributed by atoms with Gasteiger partial charge in [-0.05, 0) is 18.5 Å². The van der Waals surface area contributed by atoms with Crippen molar-refractivity contribution in [2.45, 2.75) is 13.5 Å². The molecular weight excluding hydrogens is 238 g/mol. The Morgan fingerprint density at radius 1 is 1.35 bits per heavy atom. The topological polar surface area (TPSA) is 95.4 Å². The molecule has 3 aromatic rings. The Bertz CT molecular complexity index is 671. The summed E-state index contributed by atoms with van der Waals surface area (Å²) in [5.74, 6) is 1.27. The first kappa shape index (κ1) is 10.2. The third-order valence-electron chi connectivity index (χ3n) is 2.36. The fourth-order valence-corrected chi connectivity index (χ4v) is 2.31. The lowest BCUT2D eigenvalue weighted by Gasteiger charge is -2.00. The van der Waals surface area contributed by atoms with Crippen LogP contribution in [0.5, 0.6) is 0 Å². The van der Waals surface area contributed by atoms with Gasteiger partial charge >= 0.3 is 0 Å². The average Bonchev–Trinajstić information content (AvgIpc) is 2.96. The van der Waals surface area contributed by atoms with E-state index in [9.17, 15) is 0 Å². The van der Waals surface area contributed by atoms with Crippen LogP contribution in [0.1, 0.15) is 11.5 Å². The molecule has 0 aromatic carbocycles. The molecule has 0 radical (unpaired) electrons. The molecule has 3 aromatic heterocycles. The summed E-state index contributed by atoms with van der Waals surface area (Å²) in [7, 11) is 0. The largest absolute Gasteiger partial charge is 0.324 e. The van der Waals surface area contributed by atoms with Crippen LogP contribution in [0.2, 0.25) is 0 Å². The lowest BCUT2D eigenvalue weighted by atomic mass is 10.3. The van der Waals surface area contributed by atoms with Crippen molar-refractivity contribution in [3.63, 3.8) is 0 Å². The lowest BCUT2D eigenvalue weighted by molar-refractivity contribution is 0.812. The van der Waals surface area contributed by atoms with E-state index >= 15 is 0 Å². The maximum Gasteiger partial charge on any atom is 0.169 e. The van der Waals surface area contributed by atoms with E-state index < -0.39 is 0 Å². The number of hydrogen-bond donors (Lipinski definition) is 1. The second-order valence-electron chi connectivity index (χ2n) is 3.45. The van der Waals surface area contributed by atoms with Crippen LogP contribution in [0.25, 0.3) is 16.0 Å². The summed E-state index contributed by atoms with van der Waals surface area (Å²) in [5.41, 5.74) is 6.38. The van der Waals surface area contributed by atoms with Gasteiger partial charge in [0.1, 0.15) is 17.5 Å². The van der Waals surface area contributed by atoms with Crippen molar-refractivity contribution >= 4 is 21.7 Å². The Balaban J connectivity index is 2.25. The molecule has 0 saturated carbocycles. The van der Waals surface area contributed by atoms with Gasteiger partial charge in [0.2, 0.25) is 0 Å². The summed E-state index contributed by atoms with van der Waals surface area (Å²) in [6.45, 7) is 2.23. The second-order valence-corrected chi connectivity index (χ2v) is 4.21. The summed E-state index contributed by atoms with van der Waals surface area (Å²) in [6.07, 6.45) is 3.10. The van der Waals surface area contributed by atoms with Crippen molar-refractivity contribution in [3.05, 3.63) is 24.2 Å². The molecular formula is C9H9N7S. The SMILES string of the molecule is Cc1nsc2ncnc(-n3cnc(CN)n3)c12. The van der Waals surface area contributed by atoms with Crippen molar-refractivity contribution in [2.24, 2.45) is 5.73 Å². The quantitative estimate of drug-likeness (QED) is 0.705. The average molecular weight is 247 g/mol. The van der Waals surface area contributed by atoms with Crippen molar-refractivity contribution in [1.29, 1.82) is 0 Å². The van der Waals surface area contributed by atoms with E-state index in [1.165, 1.54) is 17.9 Å². The second kappa shape index (κ2) is 3.82. The van der Waals surface area contributed by atoms with Gasteiger partial charge in [-0.25, -0.2) is 19.6 Å². The van der Waals surface area contributed by atoms with Gasteiger partial charge in [0.05, 0.1) is 17.6 Å². The maximum atomic E-state index is 5.48. The zero-order chi connectivity index (χ0) is 11.8. The van der Waals surface area contributed by atoms with E-state index in [4.69, 9.17) is 5.73 Å². The van der Waals surface area contributed by atoms with Crippen LogP contribution in [0.4, 0.5) is 0 Å². The molecule has 86 valence electrons. The van der Waals surface area contributed by atoms with Crippen molar-refractivity contribution in [3.8, 4) is 5.82 Å². The Morgan fingerprint density at radius 2 is 2.24 bits per heavy atom. The van der Waals surface area contributed by atoms with E-state index in [1.807, 2.05) is 6.92 Å². The van der Waals surface area contributed by atoms with Gasteiger partial charge < -0.3 is 5.73 Å². The minimum atomic E-state index is 0.308. The molecule has 0 saturated heterocycles. The van der Waals surface area contributed by atoms with Crippen LogP contribution in [-0.2, 0) is 6.54 Å². The highest BCUT2D eigenvalue weighted by Gasteiger charge is 2.12. The smallest absolute Gasteiger partial charge is 0.169 e. The number of hydrogen-bond acceptors (Lipinski definition) is 7. The van der Waals surface area contributed by atoms with Gasteiger partial charge in [-0.3, -0.25) is 0 Å². The van der Waals surface area contributed by atoms with Crippen LogP contribution in [-0.4, -0.2) is 29.1 Å². The molecule has 0 aliphatic heterocycles. The predicted molar refractivity (Wildman–Crippen MR) is 62.8 cm³/mol. The van der Waals surface area contributed by atoms with Crippen LogP contribution >= 0.6 is 11.5 Å². The Morgan fingerprint density at radius 3 is 3.00 bits per heavy atom. The van der Waals surface area contributed by atoms with E-state index in [0.29, 0.717) is 18.2 Å². The van der Waals surface area contributed by atoms with Gasteiger partial charge in [0.25, 0.3) is 0 Å². The van der Waals surface area contributed by atoms with Crippen molar-refractivity contribution < 1.29 is 0 Å². The standard InChI is InChI=1S/C9H9N7S/c1-5-7-8(11-3-12-9(7)17-15-5)16-4-13-6(2-10)14-16/h3-4H,2,10H2,1H3. The number of aromatic nitrogens is 6. The summed E-state index contributed by atoms with van der Waals surface area (Å²) in [4.78, 5) is 13.3. The van der Waals surface area contributed by atoms with Crippen molar-refractivity contribution in [2.75, 3.05) is 0 Å². The van der Waals surface area contributed by atoms with Gasteiger partial charge in [-0.2, -0.15) is 4.37 Å². The molecule has 17 heavy (non-hydrogen) atoms. The molecule has 3 heterocycles. The third kappa shape index (κ3) is 1.58. The number of nitrogens with two attached hydrogens (primary N) is 1. The highest BCUT2D eigenvalue weighted by Crippen LogP contribution is 2.24. The molecule has 0 aliphatic rings. The minimum Gasteiger partial charge on any atom is -0.324 e. The molecule has 0 aliphatic carbocycles. The monoisotopic (exact) mass is 247 g/mol. The highest BCUT2D eigenvalue weighted by molar-refractivity contribution is 7.13. The van der Waals surface area contributed by atoms with Crippen LogP contribution in [0.15, 0.2) is 12.7 Å². The van der Waals surface area contributed by atoms with Gasteiger partial charge in [0, 0.05) is 0 Å². The number of nitrogens with zero attached hydrogens (tertiary/aromatic N) is 6. The Hall–Kier alpha value is -1.93. The zero-order valence-corrected chi connectivity index (χ0v) is 9.85. The number of aryl methyl sites for hydroxylation is 1. The molecule has 8 heteroatoms. The molecule has 0 bridgehead atoms. The molecule has 0 unspecified atom stereocenters. The minimum absolute atomic E-state index is 0.308. The van der Waals surface area contributed by atoms with Crippen molar-refractivity contribution in [1.82, 2.24) is 29.1 Å². The van der Waals surface area contributed by atoms with Crippen LogP contribution in [0, 0.1) is 6.92 Å². The number of fused-ring (bicyclic) bond motifs is 1. The summed E-state index contributed by atoms with van der Waals surface area (Å²) in [6, 6.07) is 0. The maximum absolute atomic E-state index is 5.48. The molecule has 0 amide bonds. The normalized spacial score (nSPS) is 11.2. The van der Waals surface area contributed by atoms with Crippen LogP contribution in [0.3, 0.4) is 0 Å². The van der Waals surface area contributed by atoms with Gasteiger partial charge in [0.15, 0.2) is 11.6 Å². The highest BCUT2D eigenvalue weighted by atomic mass is 32.1. The predicted octanol–water partition coefficient (Wildman–Crippen LogP) is 0.434. The molecule has 7 nitrogen and oxygen atoms in total. The summed E-state index contributed by atoms with van der Waals surface area (Å²) >= 11 is 1.35. The fraction of sp³-hybridized carbons (Fsp3) is 0.222. The van der Waals surface area contributed by atoms with E-state index in [0.717, 1.165) is 15.9 Å². The summed E-state index contributed by atoms with van der Waals surface area (Å²) in [5, 5.41) is 5.15. The molecule has 3 rings (SSSR count). The van der Waals surface area contributed by atoms with E-state index in [2.05, 4.69) is 24.4 Å². The number of rotatable bonds is 2. The molecule has 0 spiro atoms. The van der Waals surface area contributed by atoms with Gasteiger partial charge in [-0.1, -0.05) is 0 Å². The van der Waals surface area contributed by atoms with Crippen LogP contribution < -0.4 is 5.73 Å². The lowest BCUT2D eigenvalue weighted by Crippen LogP contribution is -2.03. The Labute approximate surface area is 101 Å². The molecule has 0 fully saturated rings. The van der Waals surface area contributed by atoms with E-state index in [-0.39, 0.29) is 0 Å². The molecule has 2 N–H and O–H groups in total. The first-order valence-electron chi connectivity index (χ1n) is 4.97. The summed E-state index contributed by atoms with van der Waals surface area (Å²) < 4.78 is 5.87. The van der Waals surface area contributed by atoms with E-state index in [1.54, 1.807) is 11.0 Å².